The van der Waals surface area contributed by atoms with Gasteiger partial charge in [0.15, 0.2) is 0 Å². The van der Waals surface area contributed by atoms with Gasteiger partial charge in [0.05, 0.1) is 5.69 Å². The zero-order valence-corrected chi connectivity index (χ0v) is 15.8. The van der Waals surface area contributed by atoms with E-state index in [1.54, 1.807) is 36.0 Å². The fourth-order valence-corrected chi connectivity index (χ4v) is 3.14. The molecule has 1 atom stereocenters. The summed E-state index contributed by atoms with van der Waals surface area (Å²) in [5.74, 6) is 0.0311. The predicted octanol–water partition coefficient (Wildman–Crippen LogP) is 2.71. The third-order valence-electron chi connectivity index (χ3n) is 3.82. The number of carbonyl (C=O) groups excluding carboxylic acids is 2. The van der Waals surface area contributed by atoms with Gasteiger partial charge in [0.2, 0.25) is 0 Å². The molecule has 9 heteroatoms. The van der Waals surface area contributed by atoms with Crippen LogP contribution >= 0.6 is 36.2 Å². The monoisotopic (exact) mass is 402 g/mol. The number of nitrogens with zero attached hydrogens (tertiary/aromatic N) is 1. The van der Waals surface area contributed by atoms with Crippen molar-refractivity contribution < 1.29 is 9.59 Å². The molecule has 0 spiro atoms. The Kier molecular flexibility index (Phi) is 8.31. The number of hydrogen-bond donors (Lipinski definition) is 3. The second kappa shape index (κ2) is 9.72. The molecule has 3 rings (SSSR count). The highest BCUT2D eigenvalue weighted by Crippen LogP contribution is 2.32. The molecule has 2 amide bonds. The van der Waals surface area contributed by atoms with Gasteiger partial charge in [-0.05, 0) is 42.3 Å². The molecule has 0 bridgehead atoms. The van der Waals surface area contributed by atoms with Gasteiger partial charge in [0, 0.05) is 30.5 Å². The van der Waals surface area contributed by atoms with Crippen LogP contribution < -0.4 is 16.4 Å². The summed E-state index contributed by atoms with van der Waals surface area (Å²) in [6.45, 7) is 0.431. The average molecular weight is 403 g/mol. The molecule has 25 heavy (non-hydrogen) atoms. The van der Waals surface area contributed by atoms with E-state index in [9.17, 15) is 9.59 Å². The van der Waals surface area contributed by atoms with E-state index < -0.39 is 0 Å². The van der Waals surface area contributed by atoms with Crippen LogP contribution in [0.1, 0.15) is 32.9 Å². The van der Waals surface area contributed by atoms with Crippen LogP contribution in [-0.2, 0) is 0 Å². The second-order valence-electron chi connectivity index (χ2n) is 5.51. The van der Waals surface area contributed by atoms with Gasteiger partial charge >= 0.3 is 0 Å². The first kappa shape index (κ1) is 21.4. The highest BCUT2D eigenvalue weighted by molar-refractivity contribution is 7.12. The van der Waals surface area contributed by atoms with Gasteiger partial charge in [-0.2, -0.15) is 0 Å². The van der Waals surface area contributed by atoms with E-state index in [0.717, 1.165) is 12.8 Å². The number of nitrogens with two attached hydrogens (primary N) is 1. The number of aromatic nitrogens is 1. The minimum Gasteiger partial charge on any atom is -0.347 e. The molecule has 4 N–H and O–H groups in total. The lowest BCUT2D eigenvalue weighted by Crippen LogP contribution is -2.41. The van der Waals surface area contributed by atoms with Crippen LogP contribution in [0, 0.1) is 5.92 Å². The maximum atomic E-state index is 12.4. The molecule has 1 saturated carbocycles. The summed E-state index contributed by atoms with van der Waals surface area (Å²) in [6.07, 6.45) is 5.33. The maximum Gasteiger partial charge on any atom is 0.263 e. The van der Waals surface area contributed by atoms with Crippen molar-refractivity contribution in [1.29, 1.82) is 0 Å². The predicted molar refractivity (Wildman–Crippen MR) is 104 cm³/mol. The van der Waals surface area contributed by atoms with Crippen LogP contribution in [0.2, 0.25) is 0 Å². The number of pyridine rings is 1. The Morgan fingerprint density at radius 3 is 2.48 bits per heavy atom. The van der Waals surface area contributed by atoms with Crippen molar-refractivity contribution in [3.05, 3.63) is 46.4 Å². The molecule has 1 aliphatic carbocycles. The Morgan fingerprint density at radius 2 is 1.88 bits per heavy atom. The van der Waals surface area contributed by atoms with Crippen molar-refractivity contribution in [2.24, 2.45) is 11.7 Å². The molecular formula is C16H20Cl2N4O2S. The van der Waals surface area contributed by atoms with Gasteiger partial charge in [-0.15, -0.1) is 36.2 Å². The van der Waals surface area contributed by atoms with Gasteiger partial charge in [-0.25, -0.2) is 0 Å². The number of carbonyl (C=O) groups is 2. The molecule has 1 unspecified atom stereocenters. The normalized spacial score (nSPS) is 13.8. The molecule has 0 radical (unpaired) electrons. The maximum absolute atomic E-state index is 12.4. The number of thiophene rings is 1. The van der Waals surface area contributed by atoms with Crippen molar-refractivity contribution in [3.63, 3.8) is 0 Å². The Bertz CT molecular complexity index is 707. The molecule has 1 fully saturated rings. The summed E-state index contributed by atoms with van der Waals surface area (Å²) in [5, 5.41) is 7.53. The van der Waals surface area contributed by atoms with E-state index in [2.05, 4.69) is 15.6 Å². The van der Waals surface area contributed by atoms with Gasteiger partial charge in [-0.1, -0.05) is 0 Å². The van der Waals surface area contributed by atoms with Gasteiger partial charge in [0.1, 0.15) is 4.88 Å². The highest BCUT2D eigenvalue weighted by atomic mass is 35.5. The number of halogens is 2. The summed E-state index contributed by atoms with van der Waals surface area (Å²) in [7, 11) is 0. The quantitative estimate of drug-likeness (QED) is 0.691. The van der Waals surface area contributed by atoms with E-state index in [4.69, 9.17) is 5.73 Å². The third kappa shape index (κ3) is 5.40. The number of amides is 2. The van der Waals surface area contributed by atoms with E-state index >= 15 is 0 Å². The van der Waals surface area contributed by atoms with E-state index in [1.165, 1.54) is 11.3 Å². The van der Waals surface area contributed by atoms with Crippen LogP contribution in [0.3, 0.4) is 0 Å². The number of nitrogens with one attached hydrogen (secondary N) is 2. The lowest BCUT2D eigenvalue weighted by molar-refractivity contribution is 0.0938. The van der Waals surface area contributed by atoms with Crippen molar-refractivity contribution in [2.45, 2.75) is 18.9 Å². The largest absolute Gasteiger partial charge is 0.347 e. The third-order valence-corrected chi connectivity index (χ3v) is 4.74. The summed E-state index contributed by atoms with van der Waals surface area (Å²) in [5.41, 5.74) is 6.73. The SMILES string of the molecule is Cl.Cl.NCC(NC(=O)c1sccc1NC(=O)c1ccncc1)C1CC1. The highest BCUT2D eigenvalue weighted by Gasteiger charge is 2.32. The standard InChI is InChI=1S/C16H18N4O2S.2ClH/c17-9-13(10-1-2-10)20-16(22)14-12(5-8-23-14)19-15(21)11-3-6-18-7-4-11;;/h3-8,10,13H,1-2,9,17H2,(H,19,21)(H,20,22);2*1H. The van der Waals surface area contributed by atoms with Crippen molar-refractivity contribution in [2.75, 3.05) is 11.9 Å². The summed E-state index contributed by atoms with van der Waals surface area (Å²) >= 11 is 1.30. The Morgan fingerprint density at radius 1 is 1.20 bits per heavy atom. The first-order chi connectivity index (χ1) is 11.2. The summed E-state index contributed by atoms with van der Waals surface area (Å²) in [6, 6.07) is 4.99. The zero-order chi connectivity index (χ0) is 16.2. The first-order valence-electron chi connectivity index (χ1n) is 7.49. The van der Waals surface area contributed by atoms with Gasteiger partial charge in [0.25, 0.3) is 11.8 Å². The average Bonchev–Trinajstić information content (AvgIpc) is 3.32. The van der Waals surface area contributed by atoms with Crippen LogP contribution in [0.5, 0.6) is 0 Å². The van der Waals surface area contributed by atoms with Crippen LogP contribution in [0.15, 0.2) is 36.0 Å². The molecule has 2 aromatic heterocycles. The van der Waals surface area contributed by atoms with Gasteiger partial charge in [-0.3, -0.25) is 14.6 Å². The smallest absolute Gasteiger partial charge is 0.263 e. The summed E-state index contributed by atoms with van der Waals surface area (Å²) in [4.78, 5) is 29.0. The number of anilines is 1. The van der Waals surface area contributed by atoms with E-state index in [-0.39, 0.29) is 42.7 Å². The second-order valence-corrected chi connectivity index (χ2v) is 6.42. The Labute approximate surface area is 162 Å². The lowest BCUT2D eigenvalue weighted by Gasteiger charge is -2.16. The Balaban J connectivity index is 0.00000156. The lowest BCUT2D eigenvalue weighted by atomic mass is 10.2. The topological polar surface area (TPSA) is 97.1 Å². The Hall–Kier alpha value is -1.67. The molecule has 1 aliphatic rings. The van der Waals surface area contributed by atoms with E-state index in [0.29, 0.717) is 28.6 Å². The molecule has 136 valence electrons. The molecule has 0 aliphatic heterocycles. The molecule has 0 saturated heterocycles. The van der Waals surface area contributed by atoms with Gasteiger partial charge < -0.3 is 16.4 Å². The fourth-order valence-electron chi connectivity index (χ4n) is 2.38. The molecule has 2 heterocycles. The minimum atomic E-state index is -0.266. The van der Waals surface area contributed by atoms with Crippen LogP contribution in [0.25, 0.3) is 0 Å². The molecule has 2 aromatic rings. The first-order valence-corrected chi connectivity index (χ1v) is 8.37. The summed E-state index contributed by atoms with van der Waals surface area (Å²) < 4.78 is 0. The minimum absolute atomic E-state index is 0. The number of hydrogen-bond acceptors (Lipinski definition) is 5. The molecule has 6 nitrogen and oxygen atoms in total. The fraction of sp³-hybridized carbons (Fsp3) is 0.312. The van der Waals surface area contributed by atoms with Crippen molar-refractivity contribution >= 4 is 53.7 Å². The van der Waals surface area contributed by atoms with Crippen molar-refractivity contribution in [1.82, 2.24) is 10.3 Å². The van der Waals surface area contributed by atoms with E-state index in [1.807, 2.05) is 0 Å². The number of rotatable bonds is 6. The van der Waals surface area contributed by atoms with Crippen molar-refractivity contribution in [3.8, 4) is 0 Å². The van der Waals surface area contributed by atoms with Crippen LogP contribution in [-0.4, -0.2) is 29.4 Å². The molecular weight excluding hydrogens is 383 g/mol. The molecule has 0 aromatic carbocycles. The zero-order valence-electron chi connectivity index (χ0n) is 13.3. The van der Waals surface area contributed by atoms with Crippen LogP contribution in [0.4, 0.5) is 5.69 Å².